The quantitative estimate of drug-likeness (QED) is 0.334. The number of piperidine rings is 2. The third kappa shape index (κ3) is 7.01. The van der Waals surface area contributed by atoms with Gasteiger partial charge in [0, 0.05) is 50.2 Å². The van der Waals surface area contributed by atoms with Crippen LogP contribution in [0.5, 0.6) is 0 Å². The number of benzene rings is 1. The van der Waals surface area contributed by atoms with Crippen molar-refractivity contribution in [2.45, 2.75) is 70.0 Å². The van der Waals surface area contributed by atoms with E-state index >= 15 is 0 Å². The summed E-state index contributed by atoms with van der Waals surface area (Å²) in [4.78, 5) is 33.1. The molecule has 1 atom stereocenters. The highest BCUT2D eigenvalue weighted by atomic mass is 35.5. The number of anilines is 1. The summed E-state index contributed by atoms with van der Waals surface area (Å²) in [5, 5.41) is 19.3. The SMILES string of the molecule is C=C(O)NC1=C(Cl)C=C(CC(NC(=O)N2CCC(N3Cc4ccccc4NC3=C)CC2)C(=O)N2CCCCC2)CC1. The first-order valence-corrected chi connectivity index (χ1v) is 15.0. The summed E-state index contributed by atoms with van der Waals surface area (Å²) < 4.78 is 0. The van der Waals surface area contributed by atoms with Gasteiger partial charge in [-0.05, 0) is 75.7 Å². The van der Waals surface area contributed by atoms with E-state index in [9.17, 15) is 14.7 Å². The van der Waals surface area contributed by atoms with Gasteiger partial charge in [-0.15, -0.1) is 0 Å². The molecular weight excluding hydrogens is 540 g/mol. The van der Waals surface area contributed by atoms with Crippen molar-refractivity contribution < 1.29 is 14.7 Å². The molecule has 0 saturated carbocycles. The number of aliphatic hydroxyl groups excluding tert-OH is 1. The Bertz CT molecular complexity index is 1250. The van der Waals surface area contributed by atoms with Gasteiger partial charge in [0.2, 0.25) is 5.91 Å². The lowest BCUT2D eigenvalue weighted by molar-refractivity contribution is -0.134. The monoisotopic (exact) mass is 580 g/mol. The molecule has 0 radical (unpaired) electrons. The third-order valence-corrected chi connectivity index (χ3v) is 8.85. The molecule has 2 fully saturated rings. The number of amides is 3. The molecule has 0 spiro atoms. The van der Waals surface area contributed by atoms with E-state index in [1.807, 2.05) is 21.9 Å². The highest BCUT2D eigenvalue weighted by Gasteiger charge is 2.33. The van der Waals surface area contributed by atoms with Crippen LogP contribution in [0.15, 0.2) is 71.5 Å². The summed E-state index contributed by atoms with van der Waals surface area (Å²) in [6.07, 6.45) is 8.26. The third-order valence-electron chi connectivity index (χ3n) is 8.52. The summed E-state index contributed by atoms with van der Waals surface area (Å²) in [5.74, 6) is 0.708. The van der Waals surface area contributed by atoms with E-state index in [4.69, 9.17) is 11.6 Å². The second-order valence-electron chi connectivity index (χ2n) is 11.4. The molecule has 4 N–H and O–H groups in total. The average molecular weight is 581 g/mol. The Labute approximate surface area is 247 Å². The Morgan fingerprint density at radius 1 is 1.07 bits per heavy atom. The van der Waals surface area contributed by atoms with Crippen LogP contribution in [0.3, 0.4) is 0 Å². The molecule has 0 bridgehead atoms. The molecule has 41 heavy (non-hydrogen) atoms. The van der Waals surface area contributed by atoms with Gasteiger partial charge in [-0.2, -0.15) is 0 Å². The number of hydrogen-bond acceptors (Lipinski definition) is 6. The first kappa shape index (κ1) is 28.9. The van der Waals surface area contributed by atoms with E-state index in [0.717, 1.165) is 68.8 Å². The Kier molecular flexibility index (Phi) is 9.12. The van der Waals surface area contributed by atoms with Crippen molar-refractivity contribution in [1.82, 2.24) is 25.3 Å². The second-order valence-corrected chi connectivity index (χ2v) is 11.8. The molecule has 1 aliphatic carbocycles. The summed E-state index contributed by atoms with van der Waals surface area (Å²) >= 11 is 6.46. The van der Waals surface area contributed by atoms with E-state index in [-0.39, 0.29) is 23.9 Å². The van der Waals surface area contributed by atoms with Crippen molar-refractivity contribution in [3.8, 4) is 0 Å². The minimum atomic E-state index is -0.654. The average Bonchev–Trinajstić information content (AvgIpc) is 2.98. The summed E-state index contributed by atoms with van der Waals surface area (Å²) in [6, 6.07) is 7.72. The minimum absolute atomic E-state index is 0.0315. The van der Waals surface area contributed by atoms with Crippen LogP contribution in [-0.2, 0) is 11.3 Å². The molecule has 2 saturated heterocycles. The molecule has 10 heteroatoms. The van der Waals surface area contributed by atoms with Gasteiger partial charge in [0.05, 0.1) is 10.9 Å². The number of aliphatic hydroxyl groups is 1. The van der Waals surface area contributed by atoms with Gasteiger partial charge < -0.3 is 35.8 Å². The molecule has 3 amide bonds. The lowest BCUT2D eigenvalue weighted by atomic mass is 9.95. The summed E-state index contributed by atoms with van der Waals surface area (Å²) in [6.45, 7) is 11.2. The van der Waals surface area contributed by atoms with Crippen molar-refractivity contribution in [2.24, 2.45) is 0 Å². The lowest BCUT2D eigenvalue weighted by Crippen LogP contribution is -2.55. The van der Waals surface area contributed by atoms with E-state index in [2.05, 4.69) is 52.2 Å². The van der Waals surface area contributed by atoms with E-state index < -0.39 is 6.04 Å². The number of allylic oxidation sites excluding steroid dienone is 3. The Balaban J connectivity index is 1.22. The van der Waals surface area contributed by atoms with Crippen molar-refractivity contribution in [3.05, 3.63) is 77.1 Å². The first-order chi connectivity index (χ1) is 19.8. The lowest BCUT2D eigenvalue weighted by Gasteiger charge is -2.43. The number of carbonyl (C=O) groups excluding carboxylic acids is 2. The Morgan fingerprint density at radius 2 is 1.80 bits per heavy atom. The fourth-order valence-electron chi connectivity index (χ4n) is 6.25. The maximum Gasteiger partial charge on any atom is 0.318 e. The predicted molar refractivity (Wildman–Crippen MR) is 162 cm³/mol. The second kappa shape index (κ2) is 12.9. The number of halogens is 1. The minimum Gasteiger partial charge on any atom is -0.495 e. The zero-order valence-corrected chi connectivity index (χ0v) is 24.4. The van der Waals surface area contributed by atoms with Gasteiger partial charge >= 0.3 is 6.03 Å². The maximum atomic E-state index is 13.6. The number of nitrogens with one attached hydrogen (secondary N) is 3. The van der Waals surface area contributed by atoms with Crippen LogP contribution < -0.4 is 16.0 Å². The van der Waals surface area contributed by atoms with E-state index in [1.54, 1.807) is 0 Å². The Morgan fingerprint density at radius 3 is 2.51 bits per heavy atom. The smallest absolute Gasteiger partial charge is 0.318 e. The highest BCUT2D eigenvalue weighted by molar-refractivity contribution is 6.31. The molecule has 1 unspecified atom stereocenters. The number of rotatable bonds is 7. The number of nitrogens with zero attached hydrogens (tertiary/aromatic N) is 3. The molecule has 9 nitrogen and oxygen atoms in total. The van der Waals surface area contributed by atoms with Gasteiger partial charge in [-0.25, -0.2) is 4.79 Å². The number of para-hydroxylation sites is 1. The zero-order chi connectivity index (χ0) is 28.9. The molecule has 3 heterocycles. The van der Waals surface area contributed by atoms with Crippen molar-refractivity contribution in [1.29, 1.82) is 0 Å². The molecular formula is C31H41ClN6O3. The van der Waals surface area contributed by atoms with Gasteiger partial charge in [-0.1, -0.05) is 42.0 Å². The van der Waals surface area contributed by atoms with Crippen LogP contribution in [0.4, 0.5) is 10.5 Å². The van der Waals surface area contributed by atoms with Crippen LogP contribution in [0.1, 0.15) is 56.9 Å². The van der Waals surface area contributed by atoms with Crippen LogP contribution in [0.2, 0.25) is 0 Å². The molecule has 4 aliphatic rings. The summed E-state index contributed by atoms with van der Waals surface area (Å²) in [5.41, 5.74) is 4.04. The molecule has 1 aromatic carbocycles. The molecule has 220 valence electrons. The molecule has 3 aliphatic heterocycles. The van der Waals surface area contributed by atoms with Crippen LogP contribution in [0, 0.1) is 0 Å². The van der Waals surface area contributed by atoms with Crippen LogP contribution >= 0.6 is 11.6 Å². The highest BCUT2D eigenvalue weighted by Crippen LogP contribution is 2.31. The molecule has 0 aromatic heterocycles. The Hall–Kier alpha value is -3.59. The van der Waals surface area contributed by atoms with Gasteiger partial charge in [0.15, 0.2) is 5.88 Å². The zero-order valence-electron chi connectivity index (χ0n) is 23.6. The standard InChI is InChI=1S/C31H41ClN6O3/c1-21-33-27-9-5-4-8-24(27)20-38(21)25-12-16-37(17-13-25)31(41)35-29(30(40)36-14-6-3-7-15-36)19-23-10-11-28(26(32)18-23)34-22(2)39/h4-5,8-9,18,25,29,33-34,39H,1-3,6-7,10-17,19-20H2,(H,35,41). The predicted octanol–water partition coefficient (Wildman–Crippen LogP) is 5.12. The normalized spacial score (nSPS) is 20.6. The summed E-state index contributed by atoms with van der Waals surface area (Å²) in [7, 11) is 0. The number of urea groups is 1. The van der Waals surface area contributed by atoms with Crippen molar-refractivity contribution in [3.63, 3.8) is 0 Å². The van der Waals surface area contributed by atoms with Gasteiger partial charge in [-0.3, -0.25) is 4.79 Å². The molecule has 5 rings (SSSR count). The fraction of sp³-hybridized carbons (Fsp3) is 0.484. The van der Waals surface area contributed by atoms with Crippen LogP contribution in [0.25, 0.3) is 0 Å². The first-order valence-electron chi connectivity index (χ1n) is 14.7. The van der Waals surface area contributed by atoms with Crippen LogP contribution in [-0.4, -0.2) is 70.0 Å². The number of hydrogen-bond donors (Lipinski definition) is 4. The molecule has 1 aromatic rings. The largest absolute Gasteiger partial charge is 0.495 e. The number of likely N-dealkylation sites (tertiary alicyclic amines) is 2. The fourth-order valence-corrected chi connectivity index (χ4v) is 6.55. The maximum absolute atomic E-state index is 13.6. The number of fused-ring (bicyclic) bond motifs is 1. The van der Waals surface area contributed by atoms with Gasteiger partial charge in [0.25, 0.3) is 0 Å². The van der Waals surface area contributed by atoms with E-state index in [1.165, 1.54) is 5.56 Å². The topological polar surface area (TPSA) is 100 Å². The number of carbonyl (C=O) groups is 2. The van der Waals surface area contributed by atoms with E-state index in [0.29, 0.717) is 43.1 Å². The van der Waals surface area contributed by atoms with Crippen molar-refractivity contribution >= 4 is 29.2 Å². The van der Waals surface area contributed by atoms with Gasteiger partial charge in [0.1, 0.15) is 6.04 Å². The van der Waals surface area contributed by atoms with Crippen molar-refractivity contribution in [2.75, 3.05) is 31.5 Å².